The summed E-state index contributed by atoms with van der Waals surface area (Å²) in [6, 6.07) is 0. The van der Waals surface area contributed by atoms with Crippen molar-refractivity contribution in [3.8, 4) is 0 Å². The summed E-state index contributed by atoms with van der Waals surface area (Å²) in [5.41, 5.74) is 0.705. The van der Waals surface area contributed by atoms with E-state index in [0.717, 1.165) is 45.3 Å². The van der Waals surface area contributed by atoms with Crippen LogP contribution in [0.15, 0.2) is 11.6 Å². The van der Waals surface area contributed by atoms with E-state index in [4.69, 9.17) is 18.9 Å². The van der Waals surface area contributed by atoms with Crippen molar-refractivity contribution in [1.29, 1.82) is 0 Å². The fourth-order valence-corrected chi connectivity index (χ4v) is 6.49. The van der Waals surface area contributed by atoms with Crippen LogP contribution in [0.5, 0.6) is 0 Å². The maximum Gasteiger partial charge on any atom is 0.410 e. The van der Waals surface area contributed by atoms with E-state index in [-0.39, 0.29) is 47.4 Å². The molecule has 9 heteroatoms. The third-order valence-electron chi connectivity index (χ3n) is 9.13. The number of nitrogens with zero attached hydrogens (tertiary/aromatic N) is 2. The minimum Gasteiger partial charge on any atom is -0.443 e. The SMILES string of the molecule is CCN(CC)CCNC(=O)CCC1CN(C(=O)OC2CCC3(CO3)C([C@@]3(C)O[C@@H]3CC=C(C)C)C2OC)C1. The van der Waals surface area contributed by atoms with E-state index in [9.17, 15) is 9.59 Å². The minimum absolute atomic E-state index is 0.0199. The summed E-state index contributed by atoms with van der Waals surface area (Å²) in [6.07, 6.45) is 5.18. The number of rotatable bonds is 13. The summed E-state index contributed by atoms with van der Waals surface area (Å²) in [4.78, 5) is 29.2. The molecule has 1 spiro atoms. The normalized spacial score (nSPS) is 34.1. The van der Waals surface area contributed by atoms with Gasteiger partial charge in [-0.05, 0) is 65.5 Å². The van der Waals surface area contributed by atoms with E-state index in [1.807, 2.05) is 0 Å². The van der Waals surface area contributed by atoms with Gasteiger partial charge in [0.2, 0.25) is 5.91 Å². The molecule has 3 saturated heterocycles. The monoisotopic (exact) mass is 535 g/mol. The summed E-state index contributed by atoms with van der Waals surface area (Å²) in [6.45, 7) is 16.1. The number of likely N-dealkylation sites (tertiary alicyclic amines) is 1. The van der Waals surface area contributed by atoms with E-state index in [1.54, 1.807) is 12.0 Å². The van der Waals surface area contributed by atoms with Gasteiger partial charge in [0.25, 0.3) is 0 Å². The number of amides is 2. The highest BCUT2D eigenvalue weighted by molar-refractivity contribution is 5.76. The number of epoxide rings is 2. The van der Waals surface area contributed by atoms with Gasteiger partial charge >= 0.3 is 6.09 Å². The Hall–Kier alpha value is -1.68. The topological polar surface area (TPSA) is 96.2 Å². The van der Waals surface area contributed by atoms with Crippen LogP contribution in [0.25, 0.3) is 0 Å². The zero-order chi connectivity index (χ0) is 27.5. The number of hydrogen-bond donors (Lipinski definition) is 1. The van der Waals surface area contributed by atoms with Crippen LogP contribution in [-0.4, -0.2) is 104 Å². The zero-order valence-electron chi connectivity index (χ0n) is 24.3. The molecule has 0 bridgehead atoms. The van der Waals surface area contributed by atoms with E-state index in [1.165, 1.54) is 5.57 Å². The fourth-order valence-electron chi connectivity index (χ4n) is 6.49. The lowest BCUT2D eigenvalue weighted by molar-refractivity contribution is -0.125. The van der Waals surface area contributed by atoms with Crippen molar-refractivity contribution in [3.63, 3.8) is 0 Å². The van der Waals surface area contributed by atoms with Crippen molar-refractivity contribution in [1.82, 2.24) is 15.1 Å². The van der Waals surface area contributed by atoms with Crippen LogP contribution in [0.2, 0.25) is 0 Å². The molecule has 3 aliphatic heterocycles. The van der Waals surface area contributed by atoms with Gasteiger partial charge in [-0.3, -0.25) is 4.79 Å². The van der Waals surface area contributed by atoms with Gasteiger partial charge in [-0.15, -0.1) is 0 Å². The predicted molar refractivity (Wildman–Crippen MR) is 145 cm³/mol. The maximum absolute atomic E-state index is 13.0. The smallest absolute Gasteiger partial charge is 0.410 e. The predicted octanol–water partition coefficient (Wildman–Crippen LogP) is 3.37. The molecule has 4 unspecified atom stereocenters. The molecule has 9 nitrogen and oxygen atoms in total. The van der Waals surface area contributed by atoms with E-state index >= 15 is 0 Å². The average Bonchev–Trinajstić information content (AvgIpc) is 3.77. The van der Waals surface area contributed by atoms with Crippen molar-refractivity contribution in [3.05, 3.63) is 11.6 Å². The summed E-state index contributed by atoms with van der Waals surface area (Å²) in [5, 5.41) is 3.01. The summed E-state index contributed by atoms with van der Waals surface area (Å²) in [7, 11) is 1.70. The second kappa shape index (κ2) is 12.2. The summed E-state index contributed by atoms with van der Waals surface area (Å²) in [5.74, 6) is 0.446. The van der Waals surface area contributed by atoms with Gasteiger partial charge in [0.15, 0.2) is 0 Å². The maximum atomic E-state index is 13.0. The first-order chi connectivity index (χ1) is 18.2. The second-order valence-corrected chi connectivity index (χ2v) is 12.0. The number of nitrogens with one attached hydrogen (secondary N) is 1. The average molecular weight is 536 g/mol. The van der Waals surface area contributed by atoms with Crippen molar-refractivity contribution in [2.24, 2.45) is 11.8 Å². The molecule has 6 atom stereocenters. The molecule has 4 rings (SSSR count). The third kappa shape index (κ3) is 6.54. The zero-order valence-corrected chi connectivity index (χ0v) is 24.3. The molecule has 1 aliphatic carbocycles. The molecule has 0 aromatic carbocycles. The molecule has 2 amide bonds. The molecule has 1 saturated carbocycles. The molecule has 216 valence electrons. The van der Waals surface area contributed by atoms with E-state index in [2.05, 4.69) is 50.9 Å². The van der Waals surface area contributed by atoms with E-state index < -0.39 is 0 Å². The quantitative estimate of drug-likeness (QED) is 0.285. The third-order valence-corrected chi connectivity index (χ3v) is 9.13. The Kier molecular flexibility index (Phi) is 9.43. The van der Waals surface area contributed by atoms with Gasteiger partial charge in [-0.1, -0.05) is 25.5 Å². The van der Waals surface area contributed by atoms with Crippen LogP contribution in [0.1, 0.15) is 66.7 Å². The van der Waals surface area contributed by atoms with Crippen molar-refractivity contribution in [2.45, 2.75) is 96.2 Å². The lowest BCUT2D eigenvalue weighted by Crippen LogP contribution is -2.57. The Balaban J connectivity index is 1.22. The molecule has 4 fully saturated rings. The van der Waals surface area contributed by atoms with Gasteiger partial charge < -0.3 is 34.1 Å². The molecule has 0 radical (unpaired) electrons. The highest BCUT2D eigenvalue weighted by Crippen LogP contribution is 2.59. The number of allylic oxidation sites excluding steroid dienone is 1. The fraction of sp³-hybridized carbons (Fsp3) is 0.862. The lowest BCUT2D eigenvalue weighted by Gasteiger charge is -2.44. The first kappa shape index (κ1) is 29.3. The largest absolute Gasteiger partial charge is 0.443 e. The van der Waals surface area contributed by atoms with Crippen LogP contribution >= 0.6 is 0 Å². The van der Waals surface area contributed by atoms with Crippen LogP contribution in [0.3, 0.4) is 0 Å². The number of methoxy groups -OCH3 is 1. The number of hydrogen-bond acceptors (Lipinski definition) is 7. The van der Waals surface area contributed by atoms with Gasteiger partial charge in [0.1, 0.15) is 23.4 Å². The van der Waals surface area contributed by atoms with E-state index in [0.29, 0.717) is 38.6 Å². The van der Waals surface area contributed by atoms with Crippen LogP contribution in [0.4, 0.5) is 4.79 Å². The van der Waals surface area contributed by atoms with Gasteiger partial charge in [-0.25, -0.2) is 4.79 Å². The van der Waals surface area contributed by atoms with Crippen LogP contribution < -0.4 is 5.32 Å². The minimum atomic E-state index is -0.345. The van der Waals surface area contributed by atoms with Gasteiger partial charge in [-0.2, -0.15) is 0 Å². The number of ether oxygens (including phenoxy) is 4. The van der Waals surface area contributed by atoms with Crippen molar-refractivity contribution >= 4 is 12.0 Å². The highest BCUT2D eigenvalue weighted by Gasteiger charge is 2.72. The second-order valence-electron chi connectivity index (χ2n) is 12.0. The number of carbonyl (C=O) groups excluding carboxylic acids is 2. The Bertz CT molecular complexity index is 862. The van der Waals surface area contributed by atoms with Crippen LogP contribution in [-0.2, 0) is 23.7 Å². The molecule has 3 heterocycles. The molecule has 0 aromatic rings. The molecular formula is C29H49N3O6. The van der Waals surface area contributed by atoms with Crippen molar-refractivity contribution in [2.75, 3.05) is 53.0 Å². The number of carbonyl (C=O) groups is 2. The molecule has 1 N–H and O–H groups in total. The standard InChI is InChI=1S/C29H49N3O6/c1-7-31(8-2)16-15-30-24(33)12-10-21-17-32(18-21)27(34)37-22-13-14-29(19-36-29)26(25(22)35-6)28(5)23(38-28)11-9-20(3)4/h9,21-23,25-26H,7-8,10-19H2,1-6H3,(H,30,33)/t22?,23-,25?,26?,28+,29?/m1/s1. The van der Waals surface area contributed by atoms with Gasteiger partial charge in [0.05, 0.1) is 18.6 Å². The highest BCUT2D eigenvalue weighted by atomic mass is 16.6. The van der Waals surface area contributed by atoms with Crippen LogP contribution in [0, 0.1) is 11.8 Å². The Morgan fingerprint density at radius 1 is 1.21 bits per heavy atom. The Morgan fingerprint density at radius 2 is 1.92 bits per heavy atom. The molecule has 38 heavy (non-hydrogen) atoms. The molecular weight excluding hydrogens is 486 g/mol. The first-order valence-corrected chi connectivity index (χ1v) is 14.6. The lowest BCUT2D eigenvalue weighted by atomic mass is 9.68. The molecule has 0 aromatic heterocycles. The Labute approximate surface area is 228 Å². The van der Waals surface area contributed by atoms with Crippen molar-refractivity contribution < 1.29 is 28.5 Å². The summed E-state index contributed by atoms with van der Waals surface area (Å²) < 4.78 is 24.3. The van der Waals surface area contributed by atoms with Gasteiger partial charge in [0, 0.05) is 39.7 Å². The molecule has 4 aliphatic rings. The Morgan fingerprint density at radius 3 is 2.53 bits per heavy atom. The summed E-state index contributed by atoms with van der Waals surface area (Å²) >= 11 is 0. The number of likely N-dealkylation sites (N-methyl/N-ethyl adjacent to an activating group) is 1. The first-order valence-electron chi connectivity index (χ1n) is 14.6.